The predicted molar refractivity (Wildman–Crippen MR) is 240 cm³/mol. The fourth-order valence-electron chi connectivity index (χ4n) is 8.91. The van der Waals surface area contributed by atoms with Gasteiger partial charge >= 0.3 is 0 Å². The number of hydrogen-bond acceptors (Lipinski definition) is 4. The number of pyridine rings is 1. The Morgan fingerprint density at radius 1 is 0.305 bits per heavy atom. The summed E-state index contributed by atoms with van der Waals surface area (Å²) < 4.78 is 0. The molecule has 0 atom stereocenters. The van der Waals surface area contributed by atoms with Gasteiger partial charge in [-0.25, -0.2) is 15.0 Å². The highest BCUT2D eigenvalue weighted by molar-refractivity contribution is 5.90. The van der Waals surface area contributed by atoms with E-state index in [2.05, 4.69) is 170 Å². The third-order valence-electron chi connectivity index (χ3n) is 11.6. The zero-order valence-corrected chi connectivity index (χ0v) is 32.1. The van der Waals surface area contributed by atoms with Gasteiger partial charge in [0.15, 0.2) is 17.5 Å². The Bertz CT molecular complexity index is 3110. The minimum absolute atomic E-state index is 0.514. The van der Waals surface area contributed by atoms with Gasteiger partial charge in [0.1, 0.15) is 0 Å². The van der Waals surface area contributed by atoms with Crippen molar-refractivity contribution < 1.29 is 0 Å². The zero-order chi connectivity index (χ0) is 39.2. The minimum atomic E-state index is -0.514. The number of hydrogen-bond donors (Lipinski definition) is 0. The van der Waals surface area contributed by atoms with Crippen molar-refractivity contribution >= 4 is 10.8 Å². The first-order valence-corrected chi connectivity index (χ1v) is 20.0. The molecule has 4 nitrogen and oxygen atoms in total. The molecule has 0 fully saturated rings. The summed E-state index contributed by atoms with van der Waals surface area (Å²) in [5, 5.41) is 2.30. The summed E-state index contributed by atoms with van der Waals surface area (Å²) in [4.78, 5) is 20.3. The number of aromatic nitrogens is 4. The largest absolute Gasteiger partial charge is 0.256 e. The van der Waals surface area contributed by atoms with E-state index in [4.69, 9.17) is 19.9 Å². The Morgan fingerprint density at radius 2 is 0.864 bits per heavy atom. The maximum atomic E-state index is 5.22. The van der Waals surface area contributed by atoms with E-state index >= 15 is 0 Å². The van der Waals surface area contributed by atoms with Crippen LogP contribution in [0.5, 0.6) is 0 Å². The molecule has 0 spiro atoms. The van der Waals surface area contributed by atoms with Crippen LogP contribution in [0.2, 0.25) is 0 Å². The Balaban J connectivity index is 1.14. The maximum absolute atomic E-state index is 5.22. The smallest absolute Gasteiger partial charge is 0.164 e. The molecule has 4 heteroatoms. The van der Waals surface area contributed by atoms with Gasteiger partial charge in [0, 0.05) is 28.5 Å². The Kier molecular flexibility index (Phi) is 8.34. The summed E-state index contributed by atoms with van der Waals surface area (Å²) in [6.45, 7) is 0. The normalized spacial score (nSPS) is 12.5. The Morgan fingerprint density at radius 3 is 1.59 bits per heavy atom. The first-order chi connectivity index (χ1) is 29.2. The van der Waals surface area contributed by atoms with Crippen molar-refractivity contribution in [1.82, 2.24) is 19.9 Å². The molecule has 0 bridgehead atoms. The monoisotopic (exact) mass is 752 g/mol. The zero-order valence-electron chi connectivity index (χ0n) is 32.1. The van der Waals surface area contributed by atoms with Crippen LogP contribution in [-0.2, 0) is 5.41 Å². The molecule has 2 aromatic heterocycles. The maximum Gasteiger partial charge on any atom is 0.164 e. The van der Waals surface area contributed by atoms with E-state index in [1.807, 2.05) is 48.7 Å². The molecule has 276 valence electrons. The second-order valence-corrected chi connectivity index (χ2v) is 15.0. The summed E-state index contributed by atoms with van der Waals surface area (Å²) in [5.74, 6) is 1.84. The quantitative estimate of drug-likeness (QED) is 0.163. The van der Waals surface area contributed by atoms with Crippen LogP contribution in [0.3, 0.4) is 0 Å². The van der Waals surface area contributed by atoms with Crippen molar-refractivity contribution in [2.75, 3.05) is 0 Å². The standard InChI is InChI=1S/C55H36N4/c1-4-17-38(18-5-1)52-57-53(41-28-27-37-16-10-11-19-39(37)32-41)59-54(58-52)44-34-42(33-43(35-44)51-26-14-15-31-56-51)40-29-30-48-47-24-12-13-25-49(47)55(50(48)36-40,45-20-6-2-7-21-45)46-22-8-3-9-23-46/h1-36H. The number of rotatable bonds is 7. The van der Waals surface area contributed by atoms with Crippen molar-refractivity contribution in [2.45, 2.75) is 5.41 Å². The van der Waals surface area contributed by atoms with Crippen molar-refractivity contribution in [1.29, 1.82) is 0 Å². The lowest BCUT2D eigenvalue weighted by atomic mass is 9.67. The lowest BCUT2D eigenvalue weighted by Crippen LogP contribution is -2.28. The van der Waals surface area contributed by atoms with E-state index in [1.165, 1.54) is 38.8 Å². The van der Waals surface area contributed by atoms with Crippen molar-refractivity contribution in [2.24, 2.45) is 0 Å². The van der Waals surface area contributed by atoms with Crippen LogP contribution in [0.1, 0.15) is 22.3 Å². The van der Waals surface area contributed by atoms with Gasteiger partial charge in [0.2, 0.25) is 0 Å². The summed E-state index contributed by atoms with van der Waals surface area (Å²) >= 11 is 0. The Labute approximate surface area is 343 Å². The lowest BCUT2D eigenvalue weighted by Gasteiger charge is -2.34. The summed E-state index contributed by atoms with van der Waals surface area (Å²) in [6, 6.07) is 75.3. The molecule has 0 radical (unpaired) electrons. The fourth-order valence-corrected chi connectivity index (χ4v) is 8.91. The average Bonchev–Trinajstić information content (AvgIpc) is 3.62. The molecule has 11 rings (SSSR count). The van der Waals surface area contributed by atoms with Gasteiger partial charge in [-0.2, -0.15) is 0 Å². The van der Waals surface area contributed by atoms with Gasteiger partial charge in [-0.3, -0.25) is 4.98 Å². The third-order valence-corrected chi connectivity index (χ3v) is 11.6. The van der Waals surface area contributed by atoms with E-state index in [0.717, 1.165) is 44.5 Å². The van der Waals surface area contributed by atoms with Crippen molar-refractivity contribution in [3.63, 3.8) is 0 Å². The number of nitrogens with zero attached hydrogens (tertiary/aromatic N) is 4. The molecular weight excluding hydrogens is 717 g/mol. The summed E-state index contributed by atoms with van der Waals surface area (Å²) in [6.07, 6.45) is 1.84. The van der Waals surface area contributed by atoms with Crippen molar-refractivity contribution in [3.8, 4) is 67.7 Å². The topological polar surface area (TPSA) is 51.6 Å². The molecule has 1 aliphatic carbocycles. The van der Waals surface area contributed by atoms with E-state index in [-0.39, 0.29) is 0 Å². The molecule has 0 N–H and O–H groups in total. The molecule has 0 unspecified atom stereocenters. The second kappa shape index (κ2) is 14.3. The molecule has 8 aromatic carbocycles. The molecule has 0 amide bonds. The van der Waals surface area contributed by atoms with E-state index in [1.54, 1.807) is 0 Å². The Hall–Kier alpha value is -7.82. The molecule has 0 aliphatic heterocycles. The second-order valence-electron chi connectivity index (χ2n) is 15.0. The molecule has 0 saturated carbocycles. The molecule has 2 heterocycles. The fraction of sp³-hybridized carbons (Fsp3) is 0.0182. The summed E-state index contributed by atoms with van der Waals surface area (Å²) in [5.41, 5.74) is 13.7. The van der Waals surface area contributed by atoms with Crippen LogP contribution >= 0.6 is 0 Å². The van der Waals surface area contributed by atoms with Crippen LogP contribution in [0.4, 0.5) is 0 Å². The van der Waals surface area contributed by atoms with Crippen LogP contribution in [0, 0.1) is 0 Å². The summed E-state index contributed by atoms with van der Waals surface area (Å²) in [7, 11) is 0. The molecular formula is C55H36N4. The van der Waals surface area contributed by atoms with E-state index < -0.39 is 5.41 Å². The molecule has 59 heavy (non-hydrogen) atoms. The van der Waals surface area contributed by atoms with Crippen LogP contribution in [0.15, 0.2) is 219 Å². The average molecular weight is 753 g/mol. The van der Waals surface area contributed by atoms with Gasteiger partial charge in [0.05, 0.1) is 11.1 Å². The lowest BCUT2D eigenvalue weighted by molar-refractivity contribution is 0.769. The van der Waals surface area contributed by atoms with E-state index in [0.29, 0.717) is 17.5 Å². The van der Waals surface area contributed by atoms with Crippen LogP contribution in [0.25, 0.3) is 78.4 Å². The van der Waals surface area contributed by atoms with E-state index in [9.17, 15) is 0 Å². The van der Waals surface area contributed by atoms with Gasteiger partial charge in [-0.15, -0.1) is 0 Å². The first kappa shape index (κ1) is 34.4. The first-order valence-electron chi connectivity index (χ1n) is 20.0. The van der Waals surface area contributed by atoms with Gasteiger partial charge in [-0.05, 0) is 97.7 Å². The van der Waals surface area contributed by atoms with Gasteiger partial charge < -0.3 is 0 Å². The highest BCUT2D eigenvalue weighted by atomic mass is 15.0. The van der Waals surface area contributed by atoms with Crippen LogP contribution < -0.4 is 0 Å². The van der Waals surface area contributed by atoms with Gasteiger partial charge in [0.25, 0.3) is 0 Å². The highest BCUT2D eigenvalue weighted by Crippen LogP contribution is 2.56. The number of benzene rings is 8. The third kappa shape index (κ3) is 5.93. The molecule has 0 saturated heterocycles. The van der Waals surface area contributed by atoms with Gasteiger partial charge in [-0.1, -0.05) is 170 Å². The predicted octanol–water partition coefficient (Wildman–Crippen LogP) is 13.1. The minimum Gasteiger partial charge on any atom is -0.256 e. The SMILES string of the molecule is c1ccc(-c2nc(-c3cc(-c4ccc5c(c4)C(c4ccccc4)(c4ccccc4)c4ccccc4-5)cc(-c4ccccn4)c3)nc(-c3ccc4ccccc4c3)n2)cc1. The molecule has 1 aliphatic rings. The molecule has 10 aromatic rings. The van der Waals surface area contributed by atoms with Crippen LogP contribution in [-0.4, -0.2) is 19.9 Å². The number of fused-ring (bicyclic) bond motifs is 4. The van der Waals surface area contributed by atoms with Crippen molar-refractivity contribution in [3.05, 3.63) is 241 Å². The highest BCUT2D eigenvalue weighted by Gasteiger charge is 2.46.